The number of phosphoric ester groups is 1. The van der Waals surface area contributed by atoms with Gasteiger partial charge in [-0.3, -0.25) is 18.6 Å². The highest BCUT2D eigenvalue weighted by atomic mass is 31.2. The van der Waals surface area contributed by atoms with Gasteiger partial charge in [0, 0.05) is 12.8 Å². The summed E-state index contributed by atoms with van der Waals surface area (Å²) in [6, 6.07) is 0. The van der Waals surface area contributed by atoms with Gasteiger partial charge >= 0.3 is 19.8 Å². The van der Waals surface area contributed by atoms with Crippen LogP contribution in [0.3, 0.4) is 0 Å². The second-order valence-electron chi connectivity index (χ2n) is 18.7. The third-order valence-electron chi connectivity index (χ3n) is 12.5. The second kappa shape index (κ2) is 42.2. The van der Waals surface area contributed by atoms with E-state index in [4.69, 9.17) is 18.5 Å². The number of allylic oxidation sites excluding steroid dienone is 4. The average Bonchev–Trinajstić information content (AvgIpc) is 3.30. The summed E-state index contributed by atoms with van der Waals surface area (Å²) in [6.45, 7) is 3.31. The van der Waals surface area contributed by atoms with E-state index in [9.17, 15) is 44.6 Å². The first kappa shape index (κ1) is 62.3. The van der Waals surface area contributed by atoms with Crippen LogP contribution in [0.4, 0.5) is 0 Å². The molecule has 1 rings (SSSR count). The topological polar surface area (TPSA) is 210 Å². The van der Waals surface area contributed by atoms with Crippen molar-refractivity contribution in [1.82, 2.24) is 0 Å². The zero-order valence-corrected chi connectivity index (χ0v) is 42.4. The Labute approximate surface area is 400 Å². The van der Waals surface area contributed by atoms with Crippen LogP contribution in [-0.4, -0.2) is 98.3 Å². The Hall–Kier alpha value is -1.67. The normalized spacial score (nSPS) is 21.4. The van der Waals surface area contributed by atoms with Crippen molar-refractivity contribution in [3.05, 3.63) is 24.3 Å². The van der Waals surface area contributed by atoms with Crippen molar-refractivity contribution in [3.8, 4) is 0 Å². The Bertz CT molecular complexity index is 1250. The van der Waals surface area contributed by atoms with Crippen molar-refractivity contribution in [3.63, 3.8) is 0 Å². The molecule has 1 fully saturated rings. The van der Waals surface area contributed by atoms with Crippen LogP contribution >= 0.6 is 7.82 Å². The zero-order chi connectivity index (χ0) is 48.5. The molecule has 0 spiro atoms. The van der Waals surface area contributed by atoms with Gasteiger partial charge in [-0.25, -0.2) is 4.57 Å². The van der Waals surface area contributed by atoms with Crippen LogP contribution in [0, 0.1) is 0 Å². The summed E-state index contributed by atoms with van der Waals surface area (Å²) >= 11 is 0. The van der Waals surface area contributed by atoms with Gasteiger partial charge in [0.1, 0.15) is 43.2 Å². The fraction of sp³-hybridized carbons (Fsp3) is 0.885. The lowest BCUT2D eigenvalue weighted by molar-refractivity contribution is -0.220. The maximum Gasteiger partial charge on any atom is 0.472 e. The summed E-state index contributed by atoms with van der Waals surface area (Å²) in [7, 11) is -5.12. The van der Waals surface area contributed by atoms with E-state index in [0.29, 0.717) is 12.8 Å². The largest absolute Gasteiger partial charge is 0.472 e. The van der Waals surface area contributed by atoms with Gasteiger partial charge in [-0.15, -0.1) is 0 Å². The van der Waals surface area contributed by atoms with E-state index in [-0.39, 0.29) is 12.8 Å². The summed E-state index contributed by atoms with van der Waals surface area (Å²) in [6.07, 6.45) is 35.1. The van der Waals surface area contributed by atoms with Gasteiger partial charge in [0.05, 0.1) is 6.61 Å². The Morgan fingerprint density at radius 3 is 1.26 bits per heavy atom. The third kappa shape index (κ3) is 33.8. The minimum Gasteiger partial charge on any atom is -0.462 e. The molecule has 0 aromatic carbocycles. The van der Waals surface area contributed by atoms with Gasteiger partial charge in [0.15, 0.2) is 6.10 Å². The van der Waals surface area contributed by atoms with E-state index < -0.39 is 75.7 Å². The number of carbonyl (C=O) groups excluding carboxylic acids is 2. The number of ether oxygens (including phenoxy) is 2. The Balaban J connectivity index is 2.37. The number of hydrogen-bond acceptors (Lipinski definition) is 12. The van der Waals surface area contributed by atoms with Crippen LogP contribution in [-0.2, 0) is 32.7 Å². The second-order valence-corrected chi connectivity index (χ2v) is 20.1. The highest BCUT2D eigenvalue weighted by molar-refractivity contribution is 7.47. The molecule has 0 aromatic rings. The maximum absolute atomic E-state index is 12.9. The molecule has 0 radical (unpaired) electrons. The molecule has 6 N–H and O–H groups in total. The van der Waals surface area contributed by atoms with Crippen LogP contribution in [0.1, 0.15) is 239 Å². The van der Waals surface area contributed by atoms with Gasteiger partial charge in [-0.1, -0.05) is 205 Å². The van der Waals surface area contributed by atoms with Crippen LogP contribution in [0.5, 0.6) is 0 Å². The molecule has 0 aliphatic heterocycles. The fourth-order valence-electron chi connectivity index (χ4n) is 8.26. The molecule has 0 saturated heterocycles. The van der Waals surface area contributed by atoms with Gasteiger partial charge in [0.2, 0.25) is 0 Å². The lowest BCUT2D eigenvalue weighted by Crippen LogP contribution is -2.64. The summed E-state index contributed by atoms with van der Waals surface area (Å²) in [5, 5.41) is 50.3. The minimum atomic E-state index is -5.12. The highest BCUT2D eigenvalue weighted by Crippen LogP contribution is 2.47. The van der Waals surface area contributed by atoms with Crippen LogP contribution < -0.4 is 0 Å². The molecule has 13 nitrogen and oxygen atoms in total. The molecular formula is C52H97O13P. The Morgan fingerprint density at radius 2 is 0.818 bits per heavy atom. The summed E-state index contributed by atoms with van der Waals surface area (Å²) in [5.41, 5.74) is 0. The minimum absolute atomic E-state index is 0.0908. The van der Waals surface area contributed by atoms with Crippen LogP contribution in [0.2, 0.25) is 0 Å². The smallest absolute Gasteiger partial charge is 0.462 e. The first-order chi connectivity index (χ1) is 31.9. The first-order valence-corrected chi connectivity index (χ1v) is 28.1. The molecule has 0 bridgehead atoms. The fourth-order valence-corrected chi connectivity index (χ4v) is 9.23. The number of unbranched alkanes of at least 4 members (excludes halogenated alkanes) is 29. The van der Waals surface area contributed by atoms with Crippen LogP contribution in [0.15, 0.2) is 24.3 Å². The number of aliphatic hydroxyl groups is 5. The lowest BCUT2D eigenvalue weighted by Gasteiger charge is -2.41. The van der Waals surface area contributed by atoms with Crippen molar-refractivity contribution >= 4 is 19.8 Å². The average molecular weight is 961 g/mol. The lowest BCUT2D eigenvalue weighted by atomic mass is 9.85. The molecule has 0 heterocycles. The van der Waals surface area contributed by atoms with E-state index in [1.165, 1.54) is 122 Å². The van der Waals surface area contributed by atoms with Crippen molar-refractivity contribution in [2.75, 3.05) is 13.2 Å². The molecule has 1 aliphatic carbocycles. The van der Waals surface area contributed by atoms with Gasteiger partial charge in [-0.2, -0.15) is 0 Å². The molecule has 8 atom stereocenters. The number of rotatable bonds is 45. The molecule has 1 aliphatic rings. The summed E-state index contributed by atoms with van der Waals surface area (Å²) in [5.74, 6) is -1.10. The van der Waals surface area contributed by atoms with E-state index in [1.807, 2.05) is 0 Å². The predicted molar refractivity (Wildman–Crippen MR) is 263 cm³/mol. The quantitative estimate of drug-likeness (QED) is 0.0145. The van der Waals surface area contributed by atoms with Crippen molar-refractivity contribution in [2.45, 2.75) is 281 Å². The molecular weight excluding hydrogens is 864 g/mol. The third-order valence-corrected chi connectivity index (χ3v) is 13.5. The van der Waals surface area contributed by atoms with Crippen molar-refractivity contribution in [2.24, 2.45) is 0 Å². The van der Waals surface area contributed by atoms with Crippen molar-refractivity contribution in [1.29, 1.82) is 0 Å². The number of aliphatic hydroxyl groups excluding tert-OH is 5. The number of phosphoric acid groups is 1. The molecule has 6 unspecified atom stereocenters. The van der Waals surface area contributed by atoms with E-state index in [2.05, 4.69) is 38.2 Å². The Kier molecular flexibility index (Phi) is 39.9. The summed E-state index contributed by atoms with van der Waals surface area (Å²) in [4.78, 5) is 35.9. The van der Waals surface area contributed by atoms with Crippen molar-refractivity contribution < 1.29 is 63.1 Å². The Morgan fingerprint density at radius 1 is 0.470 bits per heavy atom. The first-order valence-electron chi connectivity index (χ1n) is 26.6. The van der Waals surface area contributed by atoms with E-state index in [1.54, 1.807) is 0 Å². The maximum atomic E-state index is 12.9. The molecule has 66 heavy (non-hydrogen) atoms. The SMILES string of the molecule is CCCCC/C=C/C/C=C/CCCCCCCCCC(=O)O[C@@H](COC(=O)CCCCCCCCCCCCCCCCCCCCCC)COP(=O)(O)OC1C(O)C(O)C(O)[C@H](O)C1O. The monoisotopic (exact) mass is 961 g/mol. The molecule has 1 saturated carbocycles. The van der Waals surface area contributed by atoms with Gasteiger partial charge in [-0.05, 0) is 44.9 Å². The molecule has 0 aromatic heterocycles. The molecule has 388 valence electrons. The van der Waals surface area contributed by atoms with E-state index in [0.717, 1.165) is 77.0 Å². The summed E-state index contributed by atoms with van der Waals surface area (Å²) < 4.78 is 33.7. The number of esters is 2. The van der Waals surface area contributed by atoms with Gasteiger partial charge in [0.25, 0.3) is 0 Å². The van der Waals surface area contributed by atoms with Gasteiger partial charge < -0.3 is 39.9 Å². The predicted octanol–water partition coefficient (Wildman–Crippen LogP) is 11.6. The highest BCUT2D eigenvalue weighted by Gasteiger charge is 2.51. The number of hydrogen-bond donors (Lipinski definition) is 6. The molecule has 14 heteroatoms. The zero-order valence-electron chi connectivity index (χ0n) is 41.5. The standard InChI is InChI=1S/C52H97O13P/c1-3-5-7-9-11-13-15-17-19-21-22-23-25-26-28-30-32-34-36-38-40-45(53)62-42-44(43-63-66(60,61)65-52-50(58)48(56)47(55)49(57)51(52)59)64-46(54)41-39-37-35-33-31-29-27-24-20-18-16-14-12-10-8-6-4-2/h12,14,18,20,44,47-52,55-59H,3-11,13,15-17,19,21-43H2,1-2H3,(H,60,61)/b14-12+,20-18+/t44-,47?,48-,49?,50?,51?,52?/m0/s1. The van der Waals surface area contributed by atoms with E-state index >= 15 is 0 Å². The molecule has 0 amide bonds. The van der Waals surface area contributed by atoms with Crippen LogP contribution in [0.25, 0.3) is 0 Å². The number of carbonyl (C=O) groups is 2.